The van der Waals surface area contributed by atoms with E-state index in [9.17, 15) is 9.18 Å². The van der Waals surface area contributed by atoms with Crippen LogP contribution in [0.3, 0.4) is 0 Å². The summed E-state index contributed by atoms with van der Waals surface area (Å²) in [6.07, 6.45) is 0.660. The Morgan fingerprint density at radius 2 is 2.00 bits per heavy atom. The largest absolute Gasteiger partial charge is 0.492 e. The second-order valence-electron chi connectivity index (χ2n) is 8.72. The molecule has 10 nitrogen and oxygen atoms in total. The van der Waals surface area contributed by atoms with Crippen LogP contribution < -0.4 is 14.8 Å². The monoisotopic (exact) mass is 506 g/mol. The van der Waals surface area contributed by atoms with Gasteiger partial charge in [0.05, 0.1) is 0 Å². The second-order valence-corrected chi connectivity index (χ2v) is 8.72. The molecule has 1 aliphatic heterocycles. The number of fused-ring (bicyclic) bond motifs is 1. The molecule has 11 heteroatoms. The van der Waals surface area contributed by atoms with Crippen molar-refractivity contribution in [1.82, 2.24) is 24.8 Å². The lowest BCUT2D eigenvalue weighted by Crippen LogP contribution is -2.49. The first-order valence-corrected chi connectivity index (χ1v) is 11.9. The summed E-state index contributed by atoms with van der Waals surface area (Å²) >= 11 is 0. The number of amides is 1. The number of anilines is 2. The van der Waals surface area contributed by atoms with Crippen molar-refractivity contribution in [3.63, 3.8) is 0 Å². The first-order chi connectivity index (χ1) is 17.9. The number of rotatable bonds is 8. The minimum absolute atomic E-state index is 0.0796. The van der Waals surface area contributed by atoms with Crippen LogP contribution >= 0.6 is 0 Å². The maximum atomic E-state index is 14.9. The van der Waals surface area contributed by atoms with Crippen LogP contribution in [0.1, 0.15) is 5.69 Å². The van der Waals surface area contributed by atoms with Gasteiger partial charge in [-0.2, -0.15) is 4.98 Å². The summed E-state index contributed by atoms with van der Waals surface area (Å²) in [5, 5.41) is 12.6. The molecule has 0 bridgehead atoms. The number of hydrogen-bond donors (Lipinski definition) is 3. The Morgan fingerprint density at radius 1 is 1.16 bits per heavy atom. The number of benzene rings is 2. The highest BCUT2D eigenvalue weighted by Gasteiger charge is 2.20. The Kier molecular flexibility index (Phi) is 7.04. The number of carbonyl (C=O) groups is 1. The van der Waals surface area contributed by atoms with E-state index in [0.717, 1.165) is 11.4 Å². The summed E-state index contributed by atoms with van der Waals surface area (Å²) in [6.45, 7) is 5.44. The molecule has 1 aliphatic rings. The molecule has 0 unspecified atom stereocenters. The highest BCUT2D eigenvalue weighted by Crippen LogP contribution is 2.30. The van der Waals surface area contributed by atoms with E-state index in [1.54, 1.807) is 24.3 Å². The van der Waals surface area contributed by atoms with Crippen LogP contribution in [0.2, 0.25) is 0 Å². The molecular weight excluding hydrogens is 479 g/mol. The summed E-state index contributed by atoms with van der Waals surface area (Å²) in [6, 6.07) is 14.0. The van der Waals surface area contributed by atoms with E-state index in [0.29, 0.717) is 61.9 Å². The SMILES string of the molecule is Cc1cc2c(F)c(Oc3ccnc(Nc4cccc(OCCN5CCN(C(=O)O)CC5)c4)n3)ccc2[nH]1. The Hall–Kier alpha value is -4.38. The molecule has 0 saturated carbocycles. The number of halogens is 1. The third kappa shape index (κ3) is 5.89. The van der Waals surface area contributed by atoms with Crippen molar-refractivity contribution < 1.29 is 23.8 Å². The third-order valence-corrected chi connectivity index (χ3v) is 6.09. The molecule has 2 aromatic carbocycles. The number of carboxylic acid groups (broad SMARTS) is 1. The quantitative estimate of drug-likeness (QED) is 0.317. The van der Waals surface area contributed by atoms with Gasteiger partial charge < -0.3 is 29.8 Å². The Balaban J connectivity index is 1.17. The fourth-order valence-electron chi connectivity index (χ4n) is 4.19. The first-order valence-electron chi connectivity index (χ1n) is 11.9. The topological polar surface area (TPSA) is 116 Å². The summed E-state index contributed by atoms with van der Waals surface area (Å²) in [5.41, 5.74) is 2.29. The molecule has 0 radical (unpaired) electrons. The number of piperazine rings is 1. The van der Waals surface area contributed by atoms with E-state index in [-0.39, 0.29) is 11.6 Å². The zero-order valence-corrected chi connectivity index (χ0v) is 20.3. The molecule has 1 fully saturated rings. The highest BCUT2D eigenvalue weighted by atomic mass is 19.1. The molecule has 192 valence electrons. The number of nitrogens with one attached hydrogen (secondary N) is 2. The molecule has 4 aromatic rings. The van der Waals surface area contributed by atoms with Crippen molar-refractivity contribution in [2.45, 2.75) is 6.92 Å². The van der Waals surface area contributed by atoms with Gasteiger partial charge in [0, 0.05) is 73.3 Å². The van der Waals surface area contributed by atoms with Crippen molar-refractivity contribution in [3.05, 3.63) is 66.2 Å². The van der Waals surface area contributed by atoms with Gasteiger partial charge in [-0.1, -0.05) is 6.07 Å². The van der Waals surface area contributed by atoms with Gasteiger partial charge in [0.2, 0.25) is 11.8 Å². The predicted molar refractivity (Wildman–Crippen MR) is 136 cm³/mol. The molecular formula is C26H27FN6O4. The van der Waals surface area contributed by atoms with Gasteiger partial charge in [-0.3, -0.25) is 4.90 Å². The van der Waals surface area contributed by atoms with Crippen molar-refractivity contribution in [3.8, 4) is 17.4 Å². The van der Waals surface area contributed by atoms with Gasteiger partial charge in [-0.05, 0) is 37.3 Å². The Bertz CT molecular complexity index is 1400. The lowest BCUT2D eigenvalue weighted by Gasteiger charge is -2.32. The summed E-state index contributed by atoms with van der Waals surface area (Å²) in [7, 11) is 0. The van der Waals surface area contributed by atoms with Crippen LogP contribution in [-0.4, -0.2) is 75.3 Å². The molecule has 3 heterocycles. The molecule has 1 amide bonds. The second kappa shape index (κ2) is 10.7. The van der Waals surface area contributed by atoms with Crippen LogP contribution in [0.5, 0.6) is 17.4 Å². The van der Waals surface area contributed by atoms with Gasteiger partial charge in [0.25, 0.3) is 0 Å². The fourth-order valence-corrected chi connectivity index (χ4v) is 4.19. The van der Waals surface area contributed by atoms with Crippen molar-refractivity contribution in [1.29, 1.82) is 0 Å². The number of aromatic amines is 1. The van der Waals surface area contributed by atoms with Crippen LogP contribution in [0.25, 0.3) is 10.9 Å². The van der Waals surface area contributed by atoms with E-state index in [1.165, 1.54) is 11.1 Å². The van der Waals surface area contributed by atoms with Crippen LogP contribution in [0, 0.1) is 12.7 Å². The summed E-state index contributed by atoms with van der Waals surface area (Å²) < 4.78 is 26.5. The zero-order valence-electron chi connectivity index (χ0n) is 20.3. The summed E-state index contributed by atoms with van der Waals surface area (Å²) in [4.78, 5) is 26.3. The standard InChI is InChI=1S/C26H27FN6O4/c1-17-15-20-21(29-17)5-6-22(24(20)27)37-23-7-8-28-25(31-23)30-18-3-2-4-19(16-18)36-14-13-32-9-11-33(12-10-32)26(34)35/h2-8,15-16,29H,9-14H2,1H3,(H,34,35)(H,28,30,31). The number of aryl methyl sites for hydroxylation is 1. The minimum Gasteiger partial charge on any atom is -0.492 e. The van der Waals surface area contributed by atoms with Gasteiger partial charge >= 0.3 is 6.09 Å². The maximum Gasteiger partial charge on any atom is 0.407 e. The van der Waals surface area contributed by atoms with Crippen LogP contribution in [-0.2, 0) is 0 Å². The molecule has 5 rings (SSSR count). The highest BCUT2D eigenvalue weighted by molar-refractivity contribution is 5.82. The maximum absolute atomic E-state index is 14.9. The number of H-pyrrole nitrogens is 1. The normalized spacial score (nSPS) is 14.1. The molecule has 1 saturated heterocycles. The van der Waals surface area contributed by atoms with E-state index in [2.05, 4.69) is 25.2 Å². The van der Waals surface area contributed by atoms with Crippen LogP contribution in [0.15, 0.2) is 54.7 Å². The zero-order chi connectivity index (χ0) is 25.8. The Morgan fingerprint density at radius 3 is 2.81 bits per heavy atom. The molecule has 0 aliphatic carbocycles. The van der Waals surface area contributed by atoms with Crippen molar-refractivity contribution in [2.75, 3.05) is 44.6 Å². The third-order valence-electron chi connectivity index (χ3n) is 6.09. The van der Waals surface area contributed by atoms with Crippen molar-refractivity contribution in [2.24, 2.45) is 0 Å². The number of nitrogens with zero attached hydrogens (tertiary/aromatic N) is 4. The fraction of sp³-hybridized carbons (Fsp3) is 0.269. The summed E-state index contributed by atoms with van der Waals surface area (Å²) in [5.74, 6) is 0.807. The van der Waals surface area contributed by atoms with Crippen LogP contribution in [0.4, 0.5) is 20.8 Å². The predicted octanol–water partition coefficient (Wildman–Crippen LogP) is 4.62. The first kappa shape index (κ1) is 24.3. The Labute approximate surface area is 212 Å². The minimum atomic E-state index is -0.873. The average molecular weight is 507 g/mol. The lowest BCUT2D eigenvalue weighted by atomic mass is 10.2. The van der Waals surface area contributed by atoms with Gasteiger partial charge in [0.15, 0.2) is 11.6 Å². The van der Waals surface area contributed by atoms with E-state index >= 15 is 0 Å². The molecule has 2 aromatic heterocycles. The van der Waals surface area contributed by atoms with Gasteiger partial charge in [-0.25, -0.2) is 14.2 Å². The van der Waals surface area contributed by atoms with Gasteiger partial charge in [-0.15, -0.1) is 0 Å². The van der Waals surface area contributed by atoms with Gasteiger partial charge in [0.1, 0.15) is 12.4 Å². The van der Waals surface area contributed by atoms with E-state index < -0.39 is 11.9 Å². The smallest absolute Gasteiger partial charge is 0.407 e. The molecule has 37 heavy (non-hydrogen) atoms. The number of hydrogen-bond acceptors (Lipinski definition) is 7. The van der Waals surface area contributed by atoms with E-state index in [4.69, 9.17) is 14.6 Å². The lowest BCUT2D eigenvalue weighted by molar-refractivity contribution is 0.0985. The molecule has 3 N–H and O–H groups in total. The average Bonchev–Trinajstić information content (AvgIpc) is 3.28. The number of aromatic nitrogens is 3. The van der Waals surface area contributed by atoms with Crippen molar-refractivity contribution >= 4 is 28.6 Å². The number of ether oxygens (including phenoxy) is 2. The molecule has 0 atom stereocenters. The molecule has 0 spiro atoms. The van der Waals surface area contributed by atoms with E-state index in [1.807, 2.05) is 31.2 Å².